The fraction of sp³-hybridized carbons (Fsp3) is 0.533. The number of carbonyl (C=O) groups is 1. The summed E-state index contributed by atoms with van der Waals surface area (Å²) < 4.78 is 18.2. The molecule has 0 amide bonds. The lowest BCUT2D eigenvalue weighted by Crippen LogP contribution is -3.27. The van der Waals surface area contributed by atoms with E-state index in [2.05, 4.69) is 7.05 Å². The minimum absolute atomic E-state index is 0.124. The number of benzene rings is 1. The van der Waals surface area contributed by atoms with Gasteiger partial charge in [-0.2, -0.15) is 0 Å². The maximum absolute atomic E-state index is 12.8. The molecule has 1 aromatic rings. The molecule has 0 bridgehead atoms. The lowest BCUT2D eigenvalue weighted by Gasteiger charge is -2.28. The molecule has 2 rings (SSSR count). The first kappa shape index (κ1) is 14.9. The van der Waals surface area contributed by atoms with E-state index in [9.17, 15) is 9.18 Å². The van der Waals surface area contributed by atoms with Crippen molar-refractivity contribution in [3.8, 4) is 0 Å². The van der Waals surface area contributed by atoms with Crippen molar-refractivity contribution in [3.63, 3.8) is 0 Å². The summed E-state index contributed by atoms with van der Waals surface area (Å²) in [6.45, 7) is 7.30. The molecule has 110 valence electrons. The van der Waals surface area contributed by atoms with Crippen molar-refractivity contribution in [3.05, 3.63) is 35.6 Å². The molecule has 1 saturated heterocycles. The quantitative estimate of drug-likeness (QED) is 0.680. The van der Waals surface area contributed by atoms with Crippen LogP contribution in [0.3, 0.4) is 0 Å². The van der Waals surface area contributed by atoms with Gasteiger partial charge in [0.15, 0.2) is 0 Å². The minimum Gasteiger partial charge on any atom is -0.453 e. The van der Waals surface area contributed by atoms with Crippen LogP contribution in [-0.4, -0.2) is 51.8 Å². The number of piperazine rings is 1. The van der Waals surface area contributed by atoms with Crippen LogP contribution in [0.5, 0.6) is 0 Å². The Morgan fingerprint density at radius 2 is 1.85 bits per heavy atom. The molecular weight excluding hydrogens is 259 g/mol. The molecule has 5 heteroatoms. The van der Waals surface area contributed by atoms with Gasteiger partial charge >= 0.3 is 5.97 Å². The number of esters is 1. The molecule has 0 saturated carbocycles. The molecule has 2 N–H and O–H groups in total. The van der Waals surface area contributed by atoms with E-state index in [0.717, 1.165) is 32.7 Å². The molecule has 1 aliphatic heterocycles. The molecule has 0 aromatic heterocycles. The summed E-state index contributed by atoms with van der Waals surface area (Å²) in [4.78, 5) is 14.9. The van der Waals surface area contributed by atoms with Gasteiger partial charge in [0.1, 0.15) is 44.6 Å². The zero-order valence-corrected chi connectivity index (χ0v) is 12.1. The highest BCUT2D eigenvalue weighted by Crippen LogP contribution is 2.05. The predicted molar refractivity (Wildman–Crippen MR) is 73.5 cm³/mol. The molecular formula is C15H23FN2O2+2. The average Bonchev–Trinajstić information content (AvgIpc) is 2.42. The third-order valence-electron chi connectivity index (χ3n) is 3.77. The number of quaternary nitrogens is 2. The Hall–Kier alpha value is -1.46. The van der Waals surface area contributed by atoms with E-state index in [1.165, 1.54) is 29.2 Å². The first-order valence-electron chi connectivity index (χ1n) is 7.16. The third-order valence-corrected chi connectivity index (χ3v) is 3.77. The van der Waals surface area contributed by atoms with Crippen LogP contribution in [0.15, 0.2) is 24.3 Å². The molecule has 0 spiro atoms. The Morgan fingerprint density at radius 3 is 2.45 bits per heavy atom. The molecule has 0 radical (unpaired) electrons. The topological polar surface area (TPSA) is 35.2 Å². The highest BCUT2D eigenvalue weighted by molar-refractivity contribution is 5.89. The van der Waals surface area contributed by atoms with Gasteiger partial charge in [-0.15, -0.1) is 0 Å². The number of rotatable bonds is 4. The number of hydrogen-bond acceptors (Lipinski definition) is 2. The summed E-state index contributed by atoms with van der Waals surface area (Å²) in [6.07, 6.45) is -0.124. The van der Waals surface area contributed by atoms with Crippen LogP contribution in [0.1, 0.15) is 17.3 Å². The highest BCUT2D eigenvalue weighted by atomic mass is 19.1. The average molecular weight is 282 g/mol. The van der Waals surface area contributed by atoms with Crippen molar-refractivity contribution in [2.45, 2.75) is 13.0 Å². The zero-order valence-electron chi connectivity index (χ0n) is 12.1. The molecule has 1 aromatic carbocycles. The maximum atomic E-state index is 12.8. The van der Waals surface area contributed by atoms with E-state index < -0.39 is 0 Å². The van der Waals surface area contributed by atoms with Crippen LogP contribution in [0.2, 0.25) is 0 Å². The molecule has 1 heterocycles. The van der Waals surface area contributed by atoms with Crippen LogP contribution in [-0.2, 0) is 4.74 Å². The summed E-state index contributed by atoms with van der Waals surface area (Å²) in [5.74, 6) is -0.726. The van der Waals surface area contributed by atoms with E-state index in [-0.39, 0.29) is 17.9 Å². The largest absolute Gasteiger partial charge is 0.453 e. The fourth-order valence-corrected chi connectivity index (χ4v) is 2.52. The maximum Gasteiger partial charge on any atom is 0.338 e. The number of ether oxygens (including phenoxy) is 1. The van der Waals surface area contributed by atoms with E-state index in [4.69, 9.17) is 4.74 Å². The lowest BCUT2D eigenvalue weighted by atomic mass is 10.2. The van der Waals surface area contributed by atoms with Crippen LogP contribution in [0.4, 0.5) is 4.39 Å². The minimum atomic E-state index is -0.378. The van der Waals surface area contributed by atoms with Crippen LogP contribution < -0.4 is 9.80 Å². The van der Waals surface area contributed by atoms with E-state index in [1.807, 2.05) is 6.92 Å². The van der Waals surface area contributed by atoms with Gasteiger partial charge in [-0.25, -0.2) is 9.18 Å². The third kappa shape index (κ3) is 4.28. The van der Waals surface area contributed by atoms with Crippen molar-refractivity contribution in [2.75, 3.05) is 39.8 Å². The monoisotopic (exact) mass is 282 g/mol. The Balaban J connectivity index is 1.80. The van der Waals surface area contributed by atoms with Crippen LogP contribution >= 0.6 is 0 Å². The second kappa shape index (κ2) is 6.81. The summed E-state index contributed by atoms with van der Waals surface area (Å²) >= 11 is 0. The Bertz CT molecular complexity index is 442. The number of carbonyl (C=O) groups excluding carboxylic acids is 1. The Morgan fingerprint density at radius 1 is 1.25 bits per heavy atom. The zero-order chi connectivity index (χ0) is 14.5. The van der Waals surface area contributed by atoms with Crippen molar-refractivity contribution < 1.29 is 23.7 Å². The Labute approximate surface area is 119 Å². The van der Waals surface area contributed by atoms with Gasteiger partial charge in [0, 0.05) is 0 Å². The second-order valence-corrected chi connectivity index (χ2v) is 5.63. The molecule has 0 unspecified atom stereocenters. The lowest BCUT2D eigenvalue weighted by molar-refractivity contribution is -1.00. The van der Waals surface area contributed by atoms with E-state index >= 15 is 0 Å². The first-order chi connectivity index (χ1) is 9.54. The van der Waals surface area contributed by atoms with Gasteiger partial charge in [-0.05, 0) is 31.2 Å². The number of likely N-dealkylation sites (N-methyl/N-ethyl adjacent to an activating group) is 1. The molecule has 1 fully saturated rings. The standard InChI is InChI=1S/C15H21FN2O2/c1-12(11-18-9-7-17(2)8-10-18)20-15(19)13-3-5-14(16)6-4-13/h3-6,12H,7-11H2,1-2H3/p+2/t12-/m1/s1. The van der Waals surface area contributed by atoms with Gasteiger partial charge in [0.05, 0.1) is 12.6 Å². The highest BCUT2D eigenvalue weighted by Gasteiger charge is 2.23. The van der Waals surface area contributed by atoms with Gasteiger partial charge in [0.25, 0.3) is 0 Å². The molecule has 0 aliphatic carbocycles. The summed E-state index contributed by atoms with van der Waals surface area (Å²) in [7, 11) is 2.20. The SMILES string of the molecule is C[C@H](C[NH+]1CC[NH+](C)CC1)OC(=O)c1ccc(F)cc1. The van der Waals surface area contributed by atoms with Crippen molar-refractivity contribution in [2.24, 2.45) is 0 Å². The van der Waals surface area contributed by atoms with Gasteiger partial charge in [-0.1, -0.05) is 0 Å². The van der Waals surface area contributed by atoms with Crippen molar-refractivity contribution in [1.82, 2.24) is 0 Å². The van der Waals surface area contributed by atoms with Crippen LogP contribution in [0, 0.1) is 5.82 Å². The van der Waals surface area contributed by atoms with Crippen LogP contribution in [0.25, 0.3) is 0 Å². The van der Waals surface area contributed by atoms with Gasteiger partial charge in [0.2, 0.25) is 0 Å². The molecule has 20 heavy (non-hydrogen) atoms. The fourth-order valence-electron chi connectivity index (χ4n) is 2.52. The second-order valence-electron chi connectivity index (χ2n) is 5.63. The summed E-state index contributed by atoms with van der Waals surface area (Å²) in [6, 6.07) is 5.46. The smallest absolute Gasteiger partial charge is 0.338 e. The van der Waals surface area contributed by atoms with E-state index in [0.29, 0.717) is 5.56 Å². The van der Waals surface area contributed by atoms with E-state index in [1.54, 1.807) is 4.90 Å². The Kier molecular flexibility index (Phi) is 5.09. The molecule has 1 aliphatic rings. The molecule has 4 nitrogen and oxygen atoms in total. The summed E-state index contributed by atoms with van der Waals surface area (Å²) in [5, 5.41) is 0. The van der Waals surface area contributed by atoms with Crippen molar-refractivity contribution in [1.29, 1.82) is 0 Å². The molecule has 1 atom stereocenters. The number of hydrogen-bond donors (Lipinski definition) is 2. The number of halogens is 1. The number of nitrogens with one attached hydrogen (secondary N) is 2. The predicted octanol–water partition coefficient (Wildman–Crippen LogP) is -1.22. The first-order valence-corrected chi connectivity index (χ1v) is 7.16. The normalized spacial score (nSPS) is 24.1. The summed E-state index contributed by atoms with van der Waals surface area (Å²) in [5.41, 5.74) is 0.399. The van der Waals surface area contributed by atoms with Gasteiger partial charge < -0.3 is 14.5 Å². The van der Waals surface area contributed by atoms with Gasteiger partial charge in [-0.3, -0.25) is 0 Å². The van der Waals surface area contributed by atoms with Crippen molar-refractivity contribution >= 4 is 5.97 Å².